The molecule has 0 spiro atoms. The second-order valence-electron chi connectivity index (χ2n) is 7.50. The fourth-order valence-electron chi connectivity index (χ4n) is 3.99. The van der Waals surface area contributed by atoms with E-state index in [1.165, 1.54) is 37.9 Å². The van der Waals surface area contributed by atoms with Crippen LogP contribution in [0.15, 0.2) is 66.9 Å². The van der Waals surface area contributed by atoms with Crippen molar-refractivity contribution in [3.8, 4) is 5.69 Å². The minimum Gasteiger partial charge on any atom is -0.367 e. The molecule has 0 N–H and O–H groups in total. The van der Waals surface area contributed by atoms with E-state index in [4.69, 9.17) is 4.74 Å². The number of para-hydroxylation sites is 1. The Hall–Kier alpha value is -2.43. The summed E-state index contributed by atoms with van der Waals surface area (Å²) < 4.78 is 8.45. The fraction of sp³-hybridized carbons (Fsp3) is 0.375. The number of piperidine rings is 1. The summed E-state index contributed by atoms with van der Waals surface area (Å²) >= 11 is 0. The zero-order chi connectivity index (χ0) is 19.2. The Bertz CT molecular complexity index is 854. The lowest BCUT2D eigenvalue weighted by atomic mass is 10.0. The summed E-state index contributed by atoms with van der Waals surface area (Å²) in [6, 6.07) is 20.8. The number of benzene rings is 2. The van der Waals surface area contributed by atoms with Gasteiger partial charge in [-0.25, -0.2) is 4.68 Å². The summed E-state index contributed by atoms with van der Waals surface area (Å²) in [5.74, 6) is 0. The predicted octanol–water partition coefficient (Wildman–Crippen LogP) is 4.77. The number of hydrogen-bond donors (Lipinski definition) is 0. The van der Waals surface area contributed by atoms with E-state index >= 15 is 0 Å². The lowest BCUT2D eigenvalue weighted by Gasteiger charge is -2.27. The van der Waals surface area contributed by atoms with Gasteiger partial charge in [0.25, 0.3) is 0 Å². The molecule has 0 saturated carbocycles. The first-order valence-electron chi connectivity index (χ1n) is 10.3. The summed E-state index contributed by atoms with van der Waals surface area (Å²) in [4.78, 5) is 2.52. The molecule has 1 aliphatic rings. The molecular weight excluding hydrogens is 346 g/mol. The molecule has 1 saturated heterocycles. The quantitative estimate of drug-likeness (QED) is 0.596. The molecule has 0 bridgehead atoms. The fourth-order valence-corrected chi connectivity index (χ4v) is 3.99. The van der Waals surface area contributed by atoms with Crippen molar-refractivity contribution in [2.75, 3.05) is 26.2 Å². The second-order valence-corrected chi connectivity index (χ2v) is 7.50. The normalized spacial score (nSPS) is 16.2. The maximum Gasteiger partial charge on any atom is 0.111 e. The molecule has 1 atom stereocenters. The van der Waals surface area contributed by atoms with Gasteiger partial charge in [-0.1, -0.05) is 55.0 Å². The second kappa shape index (κ2) is 9.18. The van der Waals surface area contributed by atoms with Crippen LogP contribution in [0.3, 0.4) is 0 Å². The zero-order valence-electron chi connectivity index (χ0n) is 16.6. The van der Waals surface area contributed by atoms with Gasteiger partial charge in [-0.05, 0) is 50.6 Å². The van der Waals surface area contributed by atoms with Gasteiger partial charge in [0.15, 0.2) is 0 Å². The van der Waals surface area contributed by atoms with E-state index in [-0.39, 0.29) is 6.10 Å². The van der Waals surface area contributed by atoms with Crippen LogP contribution in [0.1, 0.15) is 42.2 Å². The lowest BCUT2D eigenvalue weighted by Crippen LogP contribution is -2.33. The third-order valence-corrected chi connectivity index (χ3v) is 5.57. The van der Waals surface area contributed by atoms with Crippen molar-refractivity contribution in [1.29, 1.82) is 0 Å². The van der Waals surface area contributed by atoms with Crippen molar-refractivity contribution in [2.45, 2.75) is 32.3 Å². The van der Waals surface area contributed by atoms with Gasteiger partial charge in [-0.3, -0.25) is 0 Å². The molecule has 3 aromatic rings. The molecule has 146 valence electrons. The highest BCUT2D eigenvalue weighted by Gasteiger charge is 2.21. The van der Waals surface area contributed by atoms with Gasteiger partial charge in [0.05, 0.1) is 18.5 Å². The van der Waals surface area contributed by atoms with E-state index in [2.05, 4.69) is 59.4 Å². The molecule has 0 amide bonds. The average molecular weight is 376 g/mol. The van der Waals surface area contributed by atoms with E-state index in [9.17, 15) is 0 Å². The van der Waals surface area contributed by atoms with E-state index in [1.807, 2.05) is 29.1 Å². The van der Waals surface area contributed by atoms with Crippen LogP contribution in [0.25, 0.3) is 5.69 Å². The molecule has 1 fully saturated rings. The number of hydrogen-bond acceptors (Lipinski definition) is 3. The maximum atomic E-state index is 6.45. The molecule has 1 aliphatic heterocycles. The van der Waals surface area contributed by atoms with Crippen molar-refractivity contribution in [3.63, 3.8) is 0 Å². The Morgan fingerprint density at radius 2 is 1.61 bits per heavy atom. The summed E-state index contributed by atoms with van der Waals surface area (Å²) in [5, 5.41) is 4.66. The van der Waals surface area contributed by atoms with Crippen LogP contribution in [0.5, 0.6) is 0 Å². The van der Waals surface area contributed by atoms with Crippen molar-refractivity contribution in [3.05, 3.63) is 83.7 Å². The Morgan fingerprint density at radius 3 is 2.32 bits per heavy atom. The first kappa shape index (κ1) is 18.9. The average Bonchev–Trinajstić information content (AvgIpc) is 3.14. The van der Waals surface area contributed by atoms with Gasteiger partial charge < -0.3 is 9.64 Å². The molecule has 0 radical (unpaired) electrons. The van der Waals surface area contributed by atoms with E-state index in [1.54, 1.807) is 0 Å². The van der Waals surface area contributed by atoms with Crippen LogP contribution >= 0.6 is 0 Å². The molecule has 4 nitrogen and oxygen atoms in total. The molecule has 0 aliphatic carbocycles. The topological polar surface area (TPSA) is 30.3 Å². The predicted molar refractivity (Wildman–Crippen MR) is 113 cm³/mol. The van der Waals surface area contributed by atoms with E-state index in [0.29, 0.717) is 0 Å². The number of nitrogens with zero attached hydrogens (tertiary/aromatic N) is 3. The molecule has 2 aromatic carbocycles. The van der Waals surface area contributed by atoms with Crippen molar-refractivity contribution in [1.82, 2.24) is 14.7 Å². The Kier molecular flexibility index (Phi) is 6.20. The van der Waals surface area contributed by atoms with Gasteiger partial charge >= 0.3 is 0 Å². The van der Waals surface area contributed by atoms with Crippen LogP contribution in [0.4, 0.5) is 0 Å². The standard InChI is InChI=1S/C24H29N3O/c1-20-23(19-25-27(20)22-13-7-3-8-14-22)24(21-11-5-2-6-12-21)28-18-17-26-15-9-4-10-16-26/h2-3,5-8,11-14,19,24H,4,9-10,15-18H2,1H3. The summed E-state index contributed by atoms with van der Waals surface area (Å²) in [6.07, 6.45) is 5.85. The summed E-state index contributed by atoms with van der Waals surface area (Å²) in [7, 11) is 0. The van der Waals surface area contributed by atoms with Crippen molar-refractivity contribution < 1.29 is 4.74 Å². The van der Waals surface area contributed by atoms with Crippen LogP contribution in [0, 0.1) is 6.92 Å². The van der Waals surface area contributed by atoms with E-state index < -0.39 is 0 Å². The maximum absolute atomic E-state index is 6.45. The third-order valence-electron chi connectivity index (χ3n) is 5.57. The van der Waals surface area contributed by atoms with Gasteiger partial charge in [0.1, 0.15) is 6.10 Å². The largest absolute Gasteiger partial charge is 0.367 e. The molecular formula is C24H29N3O. The molecule has 1 aromatic heterocycles. The Morgan fingerprint density at radius 1 is 0.929 bits per heavy atom. The Balaban J connectivity index is 1.55. The highest BCUT2D eigenvalue weighted by Crippen LogP contribution is 2.29. The van der Waals surface area contributed by atoms with Gasteiger partial charge in [0, 0.05) is 17.8 Å². The number of rotatable bonds is 7. The van der Waals surface area contributed by atoms with Crippen LogP contribution in [0.2, 0.25) is 0 Å². The Labute approximate surface area is 167 Å². The molecule has 28 heavy (non-hydrogen) atoms. The third kappa shape index (κ3) is 4.34. The molecule has 1 unspecified atom stereocenters. The first-order chi connectivity index (χ1) is 13.8. The number of ether oxygens (including phenoxy) is 1. The highest BCUT2D eigenvalue weighted by molar-refractivity contribution is 5.38. The van der Waals surface area contributed by atoms with Gasteiger partial charge in [-0.2, -0.15) is 5.10 Å². The SMILES string of the molecule is Cc1c(C(OCCN2CCCCC2)c2ccccc2)cnn1-c1ccccc1. The smallest absolute Gasteiger partial charge is 0.111 e. The number of aromatic nitrogens is 2. The molecule has 4 heteroatoms. The molecule has 4 rings (SSSR count). The van der Waals surface area contributed by atoms with Crippen molar-refractivity contribution in [2.24, 2.45) is 0 Å². The van der Waals surface area contributed by atoms with Crippen molar-refractivity contribution >= 4 is 0 Å². The lowest BCUT2D eigenvalue weighted by molar-refractivity contribution is 0.0554. The summed E-state index contributed by atoms with van der Waals surface area (Å²) in [5.41, 5.74) is 4.51. The molecule has 2 heterocycles. The van der Waals surface area contributed by atoms with E-state index in [0.717, 1.165) is 30.1 Å². The monoisotopic (exact) mass is 375 g/mol. The van der Waals surface area contributed by atoms with Crippen LogP contribution in [-0.2, 0) is 4.74 Å². The highest BCUT2D eigenvalue weighted by atomic mass is 16.5. The van der Waals surface area contributed by atoms with Crippen LogP contribution < -0.4 is 0 Å². The minimum atomic E-state index is -0.0940. The summed E-state index contributed by atoms with van der Waals surface area (Å²) in [6.45, 7) is 6.25. The van der Waals surface area contributed by atoms with Crippen LogP contribution in [-0.4, -0.2) is 40.9 Å². The number of likely N-dealkylation sites (tertiary alicyclic amines) is 1. The van der Waals surface area contributed by atoms with Gasteiger partial charge in [0.2, 0.25) is 0 Å². The first-order valence-corrected chi connectivity index (χ1v) is 10.3. The zero-order valence-corrected chi connectivity index (χ0v) is 16.6. The van der Waals surface area contributed by atoms with Gasteiger partial charge in [-0.15, -0.1) is 0 Å². The minimum absolute atomic E-state index is 0.0940.